The smallest absolute Gasteiger partial charge is 0.0792 e. The van der Waals surface area contributed by atoms with Crippen LogP contribution in [0.25, 0.3) is 0 Å². The molecule has 0 spiro atoms. The van der Waals surface area contributed by atoms with E-state index in [1.807, 2.05) is 11.8 Å². The van der Waals surface area contributed by atoms with Gasteiger partial charge in [-0.1, -0.05) is 20.8 Å². The van der Waals surface area contributed by atoms with Crippen molar-refractivity contribution in [3.63, 3.8) is 0 Å². The summed E-state index contributed by atoms with van der Waals surface area (Å²) in [4.78, 5) is 2.53. The first-order chi connectivity index (χ1) is 8.11. The minimum Gasteiger partial charge on any atom is -0.375 e. The van der Waals surface area contributed by atoms with Gasteiger partial charge in [-0.05, 0) is 24.1 Å². The highest BCUT2D eigenvalue weighted by Gasteiger charge is 2.20. The average molecular weight is 260 g/mol. The van der Waals surface area contributed by atoms with E-state index in [1.165, 1.54) is 6.54 Å². The van der Waals surface area contributed by atoms with E-state index < -0.39 is 0 Å². The molecule has 1 aliphatic heterocycles. The molecule has 3 nitrogen and oxygen atoms in total. The van der Waals surface area contributed by atoms with Gasteiger partial charge < -0.3 is 10.5 Å². The molecule has 0 aromatic heterocycles. The second-order valence-electron chi connectivity index (χ2n) is 5.52. The second kappa shape index (κ2) is 8.35. The molecule has 0 aromatic carbocycles. The van der Waals surface area contributed by atoms with Crippen molar-refractivity contribution in [1.29, 1.82) is 0 Å². The van der Waals surface area contributed by atoms with Crippen molar-refractivity contribution in [3.8, 4) is 0 Å². The molecule has 0 saturated carbocycles. The zero-order valence-corrected chi connectivity index (χ0v) is 12.3. The predicted molar refractivity (Wildman–Crippen MR) is 76.6 cm³/mol. The van der Waals surface area contributed by atoms with Crippen LogP contribution in [0.5, 0.6) is 0 Å². The number of nitrogens with zero attached hydrogens (tertiary/aromatic N) is 1. The summed E-state index contributed by atoms with van der Waals surface area (Å²) >= 11 is 1.98. The Balaban J connectivity index is 2.16. The number of rotatable bonds is 7. The van der Waals surface area contributed by atoms with Crippen LogP contribution in [0.3, 0.4) is 0 Å². The van der Waals surface area contributed by atoms with E-state index in [0.717, 1.165) is 43.7 Å². The first-order valence-corrected chi connectivity index (χ1v) is 7.89. The van der Waals surface area contributed by atoms with Crippen molar-refractivity contribution in [3.05, 3.63) is 0 Å². The van der Waals surface area contributed by atoms with Crippen LogP contribution in [-0.2, 0) is 4.74 Å². The van der Waals surface area contributed by atoms with Crippen LogP contribution < -0.4 is 5.73 Å². The number of hydrogen-bond donors (Lipinski definition) is 1. The van der Waals surface area contributed by atoms with E-state index >= 15 is 0 Å². The fourth-order valence-electron chi connectivity index (χ4n) is 2.03. The summed E-state index contributed by atoms with van der Waals surface area (Å²) in [6.07, 6.45) is 0.414. The maximum Gasteiger partial charge on any atom is 0.0792 e. The highest BCUT2D eigenvalue weighted by molar-refractivity contribution is 7.99. The fourth-order valence-corrected chi connectivity index (χ4v) is 3.17. The Kier molecular flexibility index (Phi) is 7.51. The Labute approximate surface area is 110 Å². The molecular weight excluding hydrogens is 232 g/mol. The molecule has 0 bridgehead atoms. The summed E-state index contributed by atoms with van der Waals surface area (Å²) in [6.45, 7) is 11.8. The van der Waals surface area contributed by atoms with Crippen molar-refractivity contribution in [2.45, 2.75) is 26.9 Å². The molecule has 1 aliphatic rings. The first-order valence-electron chi connectivity index (χ1n) is 6.73. The van der Waals surface area contributed by atoms with Crippen molar-refractivity contribution >= 4 is 11.8 Å². The maximum atomic E-state index is 5.81. The van der Waals surface area contributed by atoms with Crippen LogP contribution in [0, 0.1) is 11.8 Å². The van der Waals surface area contributed by atoms with Crippen LogP contribution in [0.2, 0.25) is 0 Å². The minimum absolute atomic E-state index is 0.414. The standard InChI is InChI=1S/C13H28N2OS/c1-11(2)7-15-4-5-16-13(8-15)10-17-9-12(3)6-14/h11-13H,4-10,14H2,1-3H3. The SMILES string of the molecule is CC(C)CN1CCOC(CSCC(C)CN)C1. The Hall–Kier alpha value is 0.230. The van der Waals surface area contributed by atoms with Gasteiger partial charge in [0.15, 0.2) is 0 Å². The molecule has 1 saturated heterocycles. The van der Waals surface area contributed by atoms with Gasteiger partial charge in [-0.15, -0.1) is 0 Å². The van der Waals surface area contributed by atoms with Crippen molar-refractivity contribution in [1.82, 2.24) is 4.90 Å². The Morgan fingerprint density at radius 2 is 2.18 bits per heavy atom. The third kappa shape index (κ3) is 6.65. The number of morpholine rings is 1. The molecule has 102 valence electrons. The lowest BCUT2D eigenvalue weighted by Gasteiger charge is -2.33. The molecule has 0 aromatic rings. The summed E-state index contributed by atoms with van der Waals surface area (Å²) in [6, 6.07) is 0. The molecule has 2 unspecified atom stereocenters. The van der Waals surface area contributed by atoms with Gasteiger partial charge in [-0.2, -0.15) is 11.8 Å². The molecule has 17 heavy (non-hydrogen) atoms. The molecule has 4 heteroatoms. The van der Waals surface area contributed by atoms with E-state index in [-0.39, 0.29) is 0 Å². The van der Waals surface area contributed by atoms with Crippen LogP contribution in [-0.4, -0.2) is 55.3 Å². The normalized spacial score (nSPS) is 24.2. The van der Waals surface area contributed by atoms with E-state index in [1.54, 1.807) is 0 Å². The van der Waals surface area contributed by atoms with Crippen molar-refractivity contribution in [2.75, 3.05) is 44.3 Å². The molecule has 0 amide bonds. The number of ether oxygens (including phenoxy) is 1. The topological polar surface area (TPSA) is 38.5 Å². The predicted octanol–water partition coefficient (Wildman–Crippen LogP) is 1.67. The van der Waals surface area contributed by atoms with Gasteiger partial charge in [0.25, 0.3) is 0 Å². The molecule has 2 N–H and O–H groups in total. The molecular formula is C13H28N2OS. The van der Waals surface area contributed by atoms with E-state index in [9.17, 15) is 0 Å². The maximum absolute atomic E-state index is 5.81. The second-order valence-corrected chi connectivity index (χ2v) is 6.60. The highest BCUT2D eigenvalue weighted by Crippen LogP contribution is 2.15. The summed E-state index contributed by atoms with van der Waals surface area (Å²) in [5, 5.41) is 0. The highest BCUT2D eigenvalue weighted by atomic mass is 32.2. The van der Waals surface area contributed by atoms with Gasteiger partial charge in [0.05, 0.1) is 12.7 Å². The van der Waals surface area contributed by atoms with E-state index in [4.69, 9.17) is 10.5 Å². The summed E-state index contributed by atoms with van der Waals surface area (Å²) < 4.78 is 5.81. The average Bonchev–Trinajstić information content (AvgIpc) is 2.28. The number of nitrogens with two attached hydrogens (primary N) is 1. The zero-order valence-electron chi connectivity index (χ0n) is 11.5. The fraction of sp³-hybridized carbons (Fsp3) is 1.00. The molecule has 1 fully saturated rings. The van der Waals surface area contributed by atoms with E-state index in [2.05, 4.69) is 25.7 Å². The van der Waals surface area contributed by atoms with Gasteiger partial charge in [0.2, 0.25) is 0 Å². The molecule has 2 atom stereocenters. The van der Waals surface area contributed by atoms with E-state index in [0.29, 0.717) is 12.0 Å². The van der Waals surface area contributed by atoms with Crippen LogP contribution in [0.4, 0.5) is 0 Å². The third-order valence-electron chi connectivity index (χ3n) is 2.95. The lowest BCUT2D eigenvalue weighted by Crippen LogP contribution is -2.44. The first kappa shape index (κ1) is 15.3. The Morgan fingerprint density at radius 3 is 2.82 bits per heavy atom. The lowest BCUT2D eigenvalue weighted by molar-refractivity contribution is -0.0191. The van der Waals surface area contributed by atoms with Gasteiger partial charge >= 0.3 is 0 Å². The Morgan fingerprint density at radius 1 is 1.41 bits per heavy atom. The van der Waals surface area contributed by atoms with Crippen LogP contribution in [0.1, 0.15) is 20.8 Å². The Bertz CT molecular complexity index is 202. The lowest BCUT2D eigenvalue weighted by atomic mass is 10.2. The van der Waals surface area contributed by atoms with Gasteiger partial charge in [-0.3, -0.25) is 4.90 Å². The summed E-state index contributed by atoms with van der Waals surface area (Å²) in [5.74, 6) is 3.63. The largest absolute Gasteiger partial charge is 0.375 e. The zero-order chi connectivity index (χ0) is 12.7. The summed E-state index contributed by atoms with van der Waals surface area (Å²) in [7, 11) is 0. The van der Waals surface area contributed by atoms with Gasteiger partial charge in [0, 0.05) is 25.4 Å². The van der Waals surface area contributed by atoms with Crippen molar-refractivity contribution < 1.29 is 4.74 Å². The van der Waals surface area contributed by atoms with Crippen LogP contribution >= 0.6 is 11.8 Å². The van der Waals surface area contributed by atoms with Gasteiger partial charge in [0.1, 0.15) is 0 Å². The number of thioether (sulfide) groups is 1. The molecule has 1 heterocycles. The quantitative estimate of drug-likeness (QED) is 0.756. The van der Waals surface area contributed by atoms with Crippen LogP contribution in [0.15, 0.2) is 0 Å². The third-order valence-corrected chi connectivity index (χ3v) is 4.37. The molecule has 1 rings (SSSR count). The van der Waals surface area contributed by atoms with Crippen molar-refractivity contribution in [2.24, 2.45) is 17.6 Å². The molecule has 0 aliphatic carbocycles. The number of hydrogen-bond acceptors (Lipinski definition) is 4. The summed E-state index contributed by atoms with van der Waals surface area (Å²) in [5.41, 5.74) is 5.62. The minimum atomic E-state index is 0.414. The molecule has 0 radical (unpaired) electrons. The van der Waals surface area contributed by atoms with Gasteiger partial charge in [-0.25, -0.2) is 0 Å². The monoisotopic (exact) mass is 260 g/mol.